The Labute approximate surface area is 131 Å². The molecule has 5 nitrogen and oxygen atoms in total. The third kappa shape index (κ3) is 2.54. The van der Waals surface area contributed by atoms with E-state index in [-0.39, 0.29) is 30.6 Å². The van der Waals surface area contributed by atoms with E-state index >= 15 is 0 Å². The second-order valence-electron chi connectivity index (χ2n) is 6.03. The number of carbonyl (C=O) groups excluding carboxylic acids is 1. The van der Waals surface area contributed by atoms with Gasteiger partial charge in [0.2, 0.25) is 12.7 Å². The first-order valence-electron chi connectivity index (χ1n) is 8.08. The van der Waals surface area contributed by atoms with Crippen LogP contribution >= 0.6 is 0 Å². The number of carbonyl (C=O) groups is 1. The third-order valence-corrected chi connectivity index (χ3v) is 5.04. The summed E-state index contributed by atoms with van der Waals surface area (Å²) in [5.74, 6) is 1.69. The Morgan fingerprint density at radius 3 is 2.59 bits per heavy atom. The Kier molecular flexibility index (Phi) is 4.25. The molecule has 120 valence electrons. The van der Waals surface area contributed by atoms with Gasteiger partial charge in [0, 0.05) is 12.0 Å². The molecule has 3 unspecified atom stereocenters. The molecule has 0 aromatic heterocycles. The molecular weight excluding hydrogens is 280 g/mol. The summed E-state index contributed by atoms with van der Waals surface area (Å²) in [7, 11) is 0. The van der Waals surface area contributed by atoms with Crippen LogP contribution in [0.3, 0.4) is 0 Å². The van der Waals surface area contributed by atoms with E-state index in [4.69, 9.17) is 15.2 Å². The molecule has 1 saturated carbocycles. The van der Waals surface area contributed by atoms with E-state index in [9.17, 15) is 4.79 Å². The van der Waals surface area contributed by atoms with Crippen molar-refractivity contribution in [1.82, 2.24) is 4.90 Å². The highest BCUT2D eigenvalue weighted by atomic mass is 16.7. The van der Waals surface area contributed by atoms with Crippen LogP contribution in [0.5, 0.6) is 11.5 Å². The van der Waals surface area contributed by atoms with Crippen molar-refractivity contribution in [3.8, 4) is 11.5 Å². The van der Waals surface area contributed by atoms with Crippen LogP contribution in [0.15, 0.2) is 18.2 Å². The van der Waals surface area contributed by atoms with Crippen molar-refractivity contribution in [1.29, 1.82) is 0 Å². The van der Waals surface area contributed by atoms with Crippen LogP contribution in [0.2, 0.25) is 0 Å². The molecule has 1 fully saturated rings. The van der Waals surface area contributed by atoms with Crippen molar-refractivity contribution in [3.05, 3.63) is 23.8 Å². The van der Waals surface area contributed by atoms with Crippen molar-refractivity contribution in [3.63, 3.8) is 0 Å². The minimum Gasteiger partial charge on any atom is -0.454 e. The molecule has 3 atom stereocenters. The first-order chi connectivity index (χ1) is 10.7. The lowest BCUT2D eigenvalue weighted by atomic mass is 9.67. The summed E-state index contributed by atoms with van der Waals surface area (Å²) in [6.45, 7) is 6.47. The molecule has 1 heterocycles. The zero-order valence-corrected chi connectivity index (χ0v) is 13.2. The monoisotopic (exact) mass is 304 g/mol. The number of amides is 1. The standard InChI is InChI=1S/C17H24N2O3/c1-3-19(4-2)16(12-6-7-13(12)17(18)20)11-5-8-14-15(9-11)22-10-21-14/h5,8-9,12-13,16H,3-4,6-7,10H2,1-2H3,(H2,18,20). The SMILES string of the molecule is CCN(CC)C(c1ccc2c(c1)OCO2)C1CCC1C(N)=O. The van der Waals surface area contributed by atoms with Crippen LogP contribution in [0.25, 0.3) is 0 Å². The number of primary amides is 1. The van der Waals surface area contributed by atoms with E-state index in [2.05, 4.69) is 30.9 Å². The average molecular weight is 304 g/mol. The zero-order valence-electron chi connectivity index (χ0n) is 13.2. The van der Waals surface area contributed by atoms with Gasteiger partial charge in [0.15, 0.2) is 11.5 Å². The van der Waals surface area contributed by atoms with Crippen LogP contribution in [-0.2, 0) is 4.79 Å². The van der Waals surface area contributed by atoms with E-state index in [0.29, 0.717) is 0 Å². The highest BCUT2D eigenvalue weighted by molar-refractivity contribution is 5.78. The van der Waals surface area contributed by atoms with Gasteiger partial charge in [0.1, 0.15) is 0 Å². The van der Waals surface area contributed by atoms with Crippen LogP contribution in [0.1, 0.15) is 38.3 Å². The van der Waals surface area contributed by atoms with Crippen molar-refractivity contribution in [2.75, 3.05) is 19.9 Å². The van der Waals surface area contributed by atoms with Crippen LogP contribution in [0, 0.1) is 11.8 Å². The summed E-state index contributed by atoms with van der Waals surface area (Å²) in [4.78, 5) is 14.1. The summed E-state index contributed by atoms with van der Waals surface area (Å²) in [6, 6.07) is 6.32. The predicted molar refractivity (Wildman–Crippen MR) is 83.6 cm³/mol. The number of nitrogens with two attached hydrogens (primary N) is 1. The number of ether oxygens (including phenoxy) is 2. The van der Waals surface area contributed by atoms with Gasteiger partial charge < -0.3 is 15.2 Å². The summed E-state index contributed by atoms with van der Waals surface area (Å²) in [6.07, 6.45) is 1.95. The van der Waals surface area contributed by atoms with Gasteiger partial charge in [-0.15, -0.1) is 0 Å². The topological polar surface area (TPSA) is 64.8 Å². The molecular formula is C17H24N2O3. The summed E-state index contributed by atoms with van der Waals surface area (Å²) in [5, 5.41) is 0. The molecule has 2 N–H and O–H groups in total. The number of nitrogens with zero attached hydrogens (tertiary/aromatic N) is 1. The molecule has 1 aliphatic carbocycles. The minimum absolute atomic E-state index is 0.0176. The Hall–Kier alpha value is -1.75. The van der Waals surface area contributed by atoms with Gasteiger partial charge in [0.05, 0.1) is 0 Å². The number of hydrogen-bond acceptors (Lipinski definition) is 4. The molecule has 2 aliphatic rings. The van der Waals surface area contributed by atoms with Gasteiger partial charge in [0.25, 0.3) is 0 Å². The maximum Gasteiger partial charge on any atom is 0.231 e. The molecule has 0 radical (unpaired) electrons. The smallest absolute Gasteiger partial charge is 0.231 e. The molecule has 1 aliphatic heterocycles. The molecule has 1 aromatic carbocycles. The largest absolute Gasteiger partial charge is 0.454 e. The molecule has 1 amide bonds. The lowest BCUT2D eigenvalue weighted by Crippen LogP contribution is -2.46. The van der Waals surface area contributed by atoms with Gasteiger partial charge >= 0.3 is 0 Å². The van der Waals surface area contributed by atoms with Crippen LogP contribution in [-0.4, -0.2) is 30.7 Å². The van der Waals surface area contributed by atoms with Crippen molar-refractivity contribution >= 4 is 5.91 Å². The van der Waals surface area contributed by atoms with Gasteiger partial charge in [-0.2, -0.15) is 0 Å². The fourth-order valence-electron chi connectivity index (χ4n) is 3.70. The molecule has 1 aromatic rings. The third-order valence-electron chi connectivity index (χ3n) is 5.04. The maximum absolute atomic E-state index is 11.7. The number of fused-ring (bicyclic) bond motifs is 1. The lowest BCUT2D eigenvalue weighted by Gasteiger charge is -2.45. The fourth-order valence-corrected chi connectivity index (χ4v) is 3.70. The van der Waals surface area contributed by atoms with E-state index in [1.165, 1.54) is 5.56 Å². The molecule has 0 spiro atoms. The van der Waals surface area contributed by atoms with Gasteiger partial charge in [-0.25, -0.2) is 0 Å². The van der Waals surface area contributed by atoms with E-state index in [0.717, 1.165) is 37.4 Å². The molecule has 5 heteroatoms. The Morgan fingerprint density at radius 2 is 2.00 bits per heavy atom. The Morgan fingerprint density at radius 1 is 1.27 bits per heavy atom. The Balaban J connectivity index is 1.93. The molecule has 0 bridgehead atoms. The average Bonchev–Trinajstić information content (AvgIpc) is 2.92. The van der Waals surface area contributed by atoms with Gasteiger partial charge in [-0.05, 0) is 49.5 Å². The van der Waals surface area contributed by atoms with Crippen molar-refractivity contribution < 1.29 is 14.3 Å². The quantitative estimate of drug-likeness (QED) is 0.876. The zero-order chi connectivity index (χ0) is 15.7. The highest BCUT2D eigenvalue weighted by Gasteiger charge is 2.43. The fraction of sp³-hybridized carbons (Fsp3) is 0.588. The second kappa shape index (κ2) is 6.16. The van der Waals surface area contributed by atoms with E-state index < -0.39 is 0 Å². The Bertz CT molecular complexity index is 557. The highest BCUT2D eigenvalue weighted by Crippen LogP contribution is 2.47. The van der Waals surface area contributed by atoms with Crippen molar-refractivity contribution in [2.24, 2.45) is 17.6 Å². The molecule has 22 heavy (non-hydrogen) atoms. The first kappa shape index (κ1) is 15.2. The van der Waals surface area contributed by atoms with E-state index in [1.807, 2.05) is 6.07 Å². The number of hydrogen-bond donors (Lipinski definition) is 1. The molecule has 0 saturated heterocycles. The van der Waals surface area contributed by atoms with Gasteiger partial charge in [-0.1, -0.05) is 19.9 Å². The number of benzene rings is 1. The maximum atomic E-state index is 11.7. The number of rotatable bonds is 6. The summed E-state index contributed by atoms with van der Waals surface area (Å²) < 4.78 is 10.9. The van der Waals surface area contributed by atoms with Gasteiger partial charge in [-0.3, -0.25) is 9.69 Å². The van der Waals surface area contributed by atoms with E-state index in [1.54, 1.807) is 0 Å². The summed E-state index contributed by atoms with van der Waals surface area (Å²) in [5.41, 5.74) is 6.76. The predicted octanol–water partition coefficient (Wildman–Crippen LogP) is 2.31. The second-order valence-corrected chi connectivity index (χ2v) is 6.03. The minimum atomic E-state index is -0.172. The first-order valence-corrected chi connectivity index (χ1v) is 8.08. The normalized spacial score (nSPS) is 24.1. The summed E-state index contributed by atoms with van der Waals surface area (Å²) >= 11 is 0. The van der Waals surface area contributed by atoms with Crippen molar-refractivity contribution in [2.45, 2.75) is 32.7 Å². The van der Waals surface area contributed by atoms with Crippen LogP contribution < -0.4 is 15.2 Å². The van der Waals surface area contributed by atoms with Crippen LogP contribution in [0.4, 0.5) is 0 Å². The lowest BCUT2D eigenvalue weighted by molar-refractivity contribution is -0.129. The molecule has 3 rings (SSSR count).